The molecule has 0 heterocycles. The van der Waals surface area contributed by atoms with Crippen molar-refractivity contribution in [3.8, 4) is 6.07 Å². The first-order chi connectivity index (χ1) is 10.0. The predicted octanol–water partition coefficient (Wildman–Crippen LogP) is 3.89. The van der Waals surface area contributed by atoms with Gasteiger partial charge in [0, 0.05) is 15.1 Å². The maximum Gasteiger partial charge on any atom is 0.179 e. The van der Waals surface area contributed by atoms with Crippen molar-refractivity contribution in [2.45, 2.75) is 9.79 Å². The molecule has 0 bridgehead atoms. The molecule has 6 heteroatoms. The first-order valence-corrected chi connectivity index (χ1v) is 9.56. The number of nitrogens with zero attached hydrogens (tertiary/aromatic N) is 1. The van der Waals surface area contributed by atoms with E-state index in [9.17, 15) is 8.42 Å². The van der Waals surface area contributed by atoms with Gasteiger partial charge in [0.2, 0.25) is 0 Å². The van der Waals surface area contributed by atoms with Gasteiger partial charge in [-0.25, -0.2) is 8.42 Å². The summed E-state index contributed by atoms with van der Waals surface area (Å²) >= 11 is 4.92. The molecule has 0 radical (unpaired) electrons. The van der Waals surface area contributed by atoms with E-state index < -0.39 is 9.84 Å². The number of thioether (sulfide) groups is 1. The van der Waals surface area contributed by atoms with Gasteiger partial charge in [-0.15, -0.1) is 11.8 Å². The standard InChI is InChI=1S/C15H12BrNO2S2/c16-14-6-1-2-7-15(14)20-8-9-21(18,19)13-5-3-4-12(10-13)11-17/h1-7,10H,8-9H2. The van der Waals surface area contributed by atoms with Gasteiger partial charge in [-0.1, -0.05) is 18.2 Å². The molecule has 0 aliphatic heterocycles. The molecule has 0 aromatic heterocycles. The average molecular weight is 382 g/mol. The van der Waals surface area contributed by atoms with Crippen LogP contribution in [-0.2, 0) is 9.84 Å². The van der Waals surface area contributed by atoms with Crippen LogP contribution in [0.4, 0.5) is 0 Å². The van der Waals surface area contributed by atoms with E-state index in [0.29, 0.717) is 11.3 Å². The van der Waals surface area contributed by atoms with Crippen LogP contribution in [0.2, 0.25) is 0 Å². The summed E-state index contributed by atoms with van der Waals surface area (Å²) in [6.45, 7) is 0. The molecule has 0 unspecified atom stereocenters. The lowest BCUT2D eigenvalue weighted by Gasteiger charge is -2.06. The SMILES string of the molecule is N#Cc1cccc(S(=O)(=O)CCSc2ccccc2Br)c1. The molecule has 0 N–H and O–H groups in total. The van der Waals surface area contributed by atoms with Gasteiger partial charge in [-0.05, 0) is 46.3 Å². The second-order valence-corrected chi connectivity index (χ2v) is 8.34. The minimum Gasteiger partial charge on any atom is -0.224 e. The minimum atomic E-state index is -3.36. The highest BCUT2D eigenvalue weighted by Crippen LogP contribution is 2.27. The van der Waals surface area contributed by atoms with Crippen molar-refractivity contribution in [2.24, 2.45) is 0 Å². The first-order valence-electron chi connectivity index (χ1n) is 6.13. The van der Waals surface area contributed by atoms with E-state index in [0.717, 1.165) is 9.37 Å². The summed E-state index contributed by atoms with van der Waals surface area (Å²) in [5, 5.41) is 8.83. The van der Waals surface area contributed by atoms with Crippen LogP contribution in [-0.4, -0.2) is 19.9 Å². The average Bonchev–Trinajstić information content (AvgIpc) is 2.49. The summed E-state index contributed by atoms with van der Waals surface area (Å²) in [4.78, 5) is 1.22. The Bertz CT molecular complexity index is 782. The number of rotatable bonds is 5. The Balaban J connectivity index is 2.05. The van der Waals surface area contributed by atoms with Crippen LogP contribution in [0.25, 0.3) is 0 Å². The van der Waals surface area contributed by atoms with Gasteiger partial charge in [0.05, 0.1) is 22.3 Å². The van der Waals surface area contributed by atoms with Crippen molar-refractivity contribution in [2.75, 3.05) is 11.5 Å². The number of hydrogen-bond acceptors (Lipinski definition) is 4. The highest BCUT2D eigenvalue weighted by molar-refractivity contribution is 9.10. The Morgan fingerprint density at radius 1 is 1.14 bits per heavy atom. The lowest BCUT2D eigenvalue weighted by molar-refractivity contribution is 0.597. The maximum atomic E-state index is 12.2. The topological polar surface area (TPSA) is 57.9 Å². The largest absolute Gasteiger partial charge is 0.224 e. The van der Waals surface area contributed by atoms with Crippen LogP contribution < -0.4 is 0 Å². The number of hydrogen-bond donors (Lipinski definition) is 0. The van der Waals surface area contributed by atoms with Crippen LogP contribution in [0.15, 0.2) is 62.8 Å². The fraction of sp³-hybridized carbons (Fsp3) is 0.133. The van der Waals surface area contributed by atoms with Gasteiger partial charge in [0.1, 0.15) is 0 Å². The van der Waals surface area contributed by atoms with E-state index in [-0.39, 0.29) is 10.6 Å². The van der Waals surface area contributed by atoms with Crippen molar-refractivity contribution in [3.63, 3.8) is 0 Å². The molecule has 0 atom stereocenters. The molecule has 0 amide bonds. The summed E-state index contributed by atoms with van der Waals surface area (Å²) in [5.41, 5.74) is 0.356. The van der Waals surface area contributed by atoms with Gasteiger partial charge in [-0.3, -0.25) is 0 Å². The minimum absolute atomic E-state index is 0.0356. The zero-order chi connectivity index (χ0) is 15.3. The highest BCUT2D eigenvalue weighted by atomic mass is 79.9. The van der Waals surface area contributed by atoms with Gasteiger partial charge in [0.15, 0.2) is 9.84 Å². The zero-order valence-electron chi connectivity index (χ0n) is 11.0. The van der Waals surface area contributed by atoms with E-state index in [2.05, 4.69) is 15.9 Å². The lowest BCUT2D eigenvalue weighted by atomic mass is 10.2. The van der Waals surface area contributed by atoms with Crippen LogP contribution >= 0.6 is 27.7 Å². The second kappa shape index (κ2) is 7.12. The molecular formula is C15H12BrNO2S2. The third kappa shape index (κ3) is 4.34. The number of nitriles is 1. The number of benzene rings is 2. The van der Waals surface area contributed by atoms with Crippen molar-refractivity contribution < 1.29 is 8.42 Å². The van der Waals surface area contributed by atoms with Gasteiger partial charge in [-0.2, -0.15) is 5.26 Å². The predicted molar refractivity (Wildman–Crippen MR) is 88.1 cm³/mol. The smallest absolute Gasteiger partial charge is 0.179 e. The van der Waals surface area contributed by atoms with E-state index in [1.54, 1.807) is 12.1 Å². The van der Waals surface area contributed by atoms with Crippen molar-refractivity contribution in [1.29, 1.82) is 5.26 Å². The fourth-order valence-electron chi connectivity index (χ4n) is 1.70. The molecule has 0 aliphatic rings. The molecule has 21 heavy (non-hydrogen) atoms. The summed E-state index contributed by atoms with van der Waals surface area (Å²) in [6.07, 6.45) is 0. The monoisotopic (exact) mass is 381 g/mol. The van der Waals surface area contributed by atoms with E-state index in [1.165, 1.54) is 23.9 Å². The summed E-state index contributed by atoms with van der Waals surface area (Å²) < 4.78 is 25.4. The van der Waals surface area contributed by atoms with Crippen molar-refractivity contribution >= 4 is 37.5 Å². The van der Waals surface area contributed by atoms with Crippen LogP contribution in [0.1, 0.15) is 5.56 Å². The summed E-state index contributed by atoms with van der Waals surface area (Å²) in [7, 11) is -3.36. The Morgan fingerprint density at radius 2 is 1.90 bits per heavy atom. The summed E-state index contributed by atoms with van der Waals surface area (Å²) in [6, 6.07) is 15.8. The molecule has 0 saturated heterocycles. The molecule has 2 rings (SSSR count). The Hall–Kier alpha value is -1.29. The zero-order valence-corrected chi connectivity index (χ0v) is 14.2. The first kappa shape index (κ1) is 16.1. The number of sulfone groups is 1. The molecule has 0 fully saturated rings. The third-order valence-electron chi connectivity index (χ3n) is 2.77. The third-order valence-corrected chi connectivity index (χ3v) is 6.77. The summed E-state index contributed by atoms with van der Waals surface area (Å²) in [5.74, 6) is 0.496. The van der Waals surface area contributed by atoms with E-state index in [1.807, 2.05) is 30.3 Å². The van der Waals surface area contributed by atoms with Crippen LogP contribution in [0.3, 0.4) is 0 Å². The maximum absolute atomic E-state index is 12.2. The molecule has 108 valence electrons. The molecule has 2 aromatic carbocycles. The van der Waals surface area contributed by atoms with Gasteiger partial charge < -0.3 is 0 Å². The van der Waals surface area contributed by atoms with Gasteiger partial charge >= 0.3 is 0 Å². The van der Waals surface area contributed by atoms with E-state index >= 15 is 0 Å². The Labute approximate surface area is 137 Å². The second-order valence-electron chi connectivity index (χ2n) is 4.24. The van der Waals surface area contributed by atoms with E-state index in [4.69, 9.17) is 5.26 Å². The molecule has 0 spiro atoms. The molecule has 2 aromatic rings. The van der Waals surface area contributed by atoms with Crippen LogP contribution in [0.5, 0.6) is 0 Å². The molecule has 0 aliphatic carbocycles. The molecular weight excluding hydrogens is 370 g/mol. The lowest BCUT2D eigenvalue weighted by Crippen LogP contribution is -2.09. The van der Waals surface area contributed by atoms with Crippen LogP contribution in [0, 0.1) is 11.3 Å². The van der Waals surface area contributed by atoms with Gasteiger partial charge in [0.25, 0.3) is 0 Å². The van der Waals surface area contributed by atoms with Crippen molar-refractivity contribution in [3.05, 3.63) is 58.6 Å². The Kier molecular flexibility index (Phi) is 5.45. The molecule has 0 saturated carbocycles. The normalized spacial score (nSPS) is 11.0. The molecule has 3 nitrogen and oxygen atoms in total. The quantitative estimate of drug-likeness (QED) is 0.737. The highest BCUT2D eigenvalue weighted by Gasteiger charge is 2.15. The Morgan fingerprint density at radius 3 is 2.62 bits per heavy atom. The fourth-order valence-corrected chi connectivity index (χ4v) is 4.97. The van der Waals surface area contributed by atoms with Crippen molar-refractivity contribution in [1.82, 2.24) is 0 Å². The number of halogens is 1.